The van der Waals surface area contributed by atoms with Gasteiger partial charge in [0.25, 0.3) is 0 Å². The van der Waals surface area contributed by atoms with Crippen LogP contribution in [-0.2, 0) is 9.53 Å². The number of amides is 1. The van der Waals surface area contributed by atoms with Crippen molar-refractivity contribution in [2.24, 2.45) is 0 Å². The quantitative estimate of drug-likeness (QED) is 0.879. The van der Waals surface area contributed by atoms with Gasteiger partial charge in [0.2, 0.25) is 5.91 Å². The van der Waals surface area contributed by atoms with E-state index in [1.165, 1.54) is 0 Å². The van der Waals surface area contributed by atoms with E-state index < -0.39 is 0 Å². The van der Waals surface area contributed by atoms with Crippen LogP contribution in [0.4, 0.5) is 5.69 Å². The van der Waals surface area contributed by atoms with Gasteiger partial charge in [-0.15, -0.1) is 0 Å². The van der Waals surface area contributed by atoms with Gasteiger partial charge in [0, 0.05) is 45.0 Å². The first-order valence-electron chi connectivity index (χ1n) is 9.92. The molecule has 2 aliphatic rings. The van der Waals surface area contributed by atoms with E-state index in [0.717, 1.165) is 37.4 Å². The van der Waals surface area contributed by atoms with Crippen molar-refractivity contribution in [1.29, 1.82) is 0 Å². The third kappa shape index (κ3) is 4.13. The Morgan fingerprint density at radius 3 is 2.14 bits per heavy atom. The van der Waals surface area contributed by atoms with Crippen molar-refractivity contribution in [3.8, 4) is 5.75 Å². The second-order valence-corrected chi connectivity index (χ2v) is 7.29. The fourth-order valence-corrected chi connectivity index (χ4v) is 4.00. The average Bonchev–Trinajstić information content (AvgIpc) is 2.76. The molecule has 148 valence electrons. The van der Waals surface area contributed by atoms with E-state index in [1.54, 1.807) is 12.1 Å². The summed E-state index contributed by atoms with van der Waals surface area (Å²) in [5.74, 6) is 0.454. The van der Waals surface area contributed by atoms with E-state index in [1.807, 2.05) is 35.2 Å². The van der Waals surface area contributed by atoms with Crippen molar-refractivity contribution in [3.63, 3.8) is 0 Å². The molecule has 0 aliphatic carbocycles. The summed E-state index contributed by atoms with van der Waals surface area (Å²) in [7, 11) is 0. The van der Waals surface area contributed by atoms with Crippen LogP contribution in [0.2, 0.25) is 0 Å². The molecule has 2 aromatic carbocycles. The summed E-state index contributed by atoms with van der Waals surface area (Å²) in [4.78, 5) is 19.9. The number of aromatic hydroxyl groups is 1. The van der Waals surface area contributed by atoms with E-state index in [-0.39, 0.29) is 17.7 Å². The topological polar surface area (TPSA) is 56.2 Å². The number of phenols is 1. The predicted octanol–water partition coefficient (Wildman–Crippen LogP) is 2.11. The maximum absolute atomic E-state index is 13.4. The van der Waals surface area contributed by atoms with E-state index >= 15 is 0 Å². The third-order valence-electron chi connectivity index (χ3n) is 5.57. The lowest BCUT2D eigenvalue weighted by atomic mass is 10.0. The standard InChI is InChI=1S/C22H27N3O3/c26-20-8-6-19(7-9-20)23-10-12-24(13-11-23)21(18-4-2-1-3-5-18)22(27)25-14-16-28-17-15-25/h1-9,21,26H,10-17H2/t21-/m0/s1. The van der Waals surface area contributed by atoms with Gasteiger partial charge in [-0.2, -0.15) is 0 Å². The highest BCUT2D eigenvalue weighted by atomic mass is 16.5. The molecule has 1 amide bonds. The van der Waals surface area contributed by atoms with Gasteiger partial charge in [-0.05, 0) is 29.8 Å². The highest BCUT2D eigenvalue weighted by Gasteiger charge is 2.33. The molecule has 2 aromatic rings. The molecule has 0 bridgehead atoms. The van der Waals surface area contributed by atoms with E-state index in [9.17, 15) is 9.90 Å². The average molecular weight is 381 g/mol. The summed E-state index contributed by atoms with van der Waals surface area (Å²) in [6.07, 6.45) is 0. The number of carbonyl (C=O) groups is 1. The lowest BCUT2D eigenvalue weighted by Gasteiger charge is -2.41. The number of hydrogen-bond acceptors (Lipinski definition) is 5. The molecular weight excluding hydrogens is 354 g/mol. The molecule has 2 aliphatic heterocycles. The summed E-state index contributed by atoms with van der Waals surface area (Å²) in [6.45, 7) is 5.89. The molecule has 0 radical (unpaired) electrons. The van der Waals surface area contributed by atoms with Gasteiger partial charge in [-0.3, -0.25) is 9.69 Å². The summed E-state index contributed by atoms with van der Waals surface area (Å²) < 4.78 is 5.42. The molecule has 0 unspecified atom stereocenters. The van der Waals surface area contributed by atoms with Crippen molar-refractivity contribution in [2.45, 2.75) is 6.04 Å². The number of carbonyl (C=O) groups excluding carboxylic acids is 1. The molecule has 0 spiro atoms. The molecule has 2 heterocycles. The first kappa shape index (κ1) is 18.8. The Morgan fingerprint density at radius 1 is 0.857 bits per heavy atom. The second kappa shape index (κ2) is 8.63. The van der Waals surface area contributed by atoms with Crippen molar-refractivity contribution in [2.75, 3.05) is 57.4 Å². The van der Waals surface area contributed by atoms with Gasteiger partial charge >= 0.3 is 0 Å². The van der Waals surface area contributed by atoms with Crippen LogP contribution < -0.4 is 4.90 Å². The highest BCUT2D eigenvalue weighted by Crippen LogP contribution is 2.27. The van der Waals surface area contributed by atoms with Gasteiger partial charge in [0.15, 0.2) is 0 Å². The minimum Gasteiger partial charge on any atom is -0.508 e. The molecule has 0 saturated carbocycles. The number of rotatable bonds is 4. The number of hydrogen-bond donors (Lipinski definition) is 1. The molecule has 1 atom stereocenters. The van der Waals surface area contributed by atoms with Gasteiger partial charge in [0.1, 0.15) is 11.8 Å². The molecule has 2 fully saturated rings. The van der Waals surface area contributed by atoms with Gasteiger partial charge in [-0.1, -0.05) is 30.3 Å². The van der Waals surface area contributed by atoms with E-state index in [4.69, 9.17) is 4.74 Å². The van der Waals surface area contributed by atoms with Crippen LogP contribution >= 0.6 is 0 Å². The number of anilines is 1. The van der Waals surface area contributed by atoms with Crippen molar-refractivity contribution in [3.05, 3.63) is 60.2 Å². The van der Waals surface area contributed by atoms with Crippen LogP contribution in [0.5, 0.6) is 5.75 Å². The summed E-state index contributed by atoms with van der Waals surface area (Å²) in [6, 6.07) is 17.2. The number of piperazine rings is 1. The van der Waals surface area contributed by atoms with Crippen LogP contribution in [-0.4, -0.2) is 73.3 Å². The maximum atomic E-state index is 13.4. The lowest BCUT2D eigenvalue weighted by molar-refractivity contribution is -0.141. The summed E-state index contributed by atoms with van der Waals surface area (Å²) in [5, 5.41) is 9.50. The monoisotopic (exact) mass is 381 g/mol. The molecule has 6 nitrogen and oxygen atoms in total. The van der Waals surface area contributed by atoms with Crippen LogP contribution in [0.3, 0.4) is 0 Å². The van der Waals surface area contributed by atoms with Gasteiger partial charge < -0.3 is 19.6 Å². The minimum absolute atomic E-state index is 0.174. The first-order valence-corrected chi connectivity index (χ1v) is 9.92. The van der Waals surface area contributed by atoms with Crippen LogP contribution in [0.15, 0.2) is 54.6 Å². The first-order chi connectivity index (χ1) is 13.7. The molecular formula is C22H27N3O3. The smallest absolute Gasteiger partial charge is 0.244 e. The van der Waals surface area contributed by atoms with E-state index in [2.05, 4.69) is 21.9 Å². The Bertz CT molecular complexity index is 767. The van der Waals surface area contributed by atoms with E-state index in [0.29, 0.717) is 26.3 Å². The molecule has 4 rings (SSSR count). The van der Waals surface area contributed by atoms with Crippen LogP contribution in [0.25, 0.3) is 0 Å². The number of phenolic OH excluding ortho intramolecular Hbond substituents is 1. The zero-order chi connectivity index (χ0) is 19.3. The van der Waals surface area contributed by atoms with Crippen LogP contribution in [0.1, 0.15) is 11.6 Å². The zero-order valence-corrected chi connectivity index (χ0v) is 16.0. The van der Waals surface area contributed by atoms with Gasteiger partial charge in [-0.25, -0.2) is 0 Å². The molecule has 0 aromatic heterocycles. The number of ether oxygens (including phenoxy) is 1. The molecule has 2 saturated heterocycles. The van der Waals surface area contributed by atoms with Crippen molar-refractivity contribution in [1.82, 2.24) is 9.80 Å². The number of nitrogens with zero attached hydrogens (tertiary/aromatic N) is 3. The number of benzene rings is 2. The predicted molar refractivity (Wildman–Crippen MR) is 108 cm³/mol. The summed E-state index contributed by atoms with van der Waals surface area (Å²) >= 11 is 0. The van der Waals surface area contributed by atoms with Crippen molar-refractivity contribution < 1.29 is 14.6 Å². The zero-order valence-electron chi connectivity index (χ0n) is 16.0. The Balaban J connectivity index is 1.49. The largest absolute Gasteiger partial charge is 0.508 e. The normalized spacial score (nSPS) is 19.4. The summed E-state index contributed by atoms with van der Waals surface area (Å²) in [5.41, 5.74) is 2.16. The maximum Gasteiger partial charge on any atom is 0.244 e. The molecule has 1 N–H and O–H groups in total. The Kier molecular flexibility index (Phi) is 5.78. The number of morpholine rings is 1. The lowest BCUT2D eigenvalue weighted by Crippen LogP contribution is -2.53. The second-order valence-electron chi connectivity index (χ2n) is 7.29. The van der Waals surface area contributed by atoms with Crippen molar-refractivity contribution >= 4 is 11.6 Å². The Labute approximate surface area is 165 Å². The Hall–Kier alpha value is -2.57. The molecule has 6 heteroatoms. The Morgan fingerprint density at radius 2 is 1.50 bits per heavy atom. The van der Waals surface area contributed by atoms with Crippen LogP contribution in [0, 0.1) is 0 Å². The third-order valence-corrected chi connectivity index (χ3v) is 5.57. The fourth-order valence-electron chi connectivity index (χ4n) is 4.00. The fraction of sp³-hybridized carbons (Fsp3) is 0.409. The minimum atomic E-state index is -0.249. The molecule has 28 heavy (non-hydrogen) atoms. The highest BCUT2D eigenvalue weighted by molar-refractivity contribution is 5.83. The van der Waals surface area contributed by atoms with Gasteiger partial charge in [0.05, 0.1) is 13.2 Å². The SMILES string of the molecule is O=C([C@H](c1ccccc1)N1CCN(c2ccc(O)cc2)CC1)N1CCOCC1.